The molecule has 2 amide bonds. The molecule has 6 heteroatoms. The molecule has 2 aliphatic rings. The molecule has 1 saturated heterocycles. The predicted octanol–water partition coefficient (Wildman–Crippen LogP) is 2.57. The first kappa shape index (κ1) is 16.4. The van der Waals surface area contributed by atoms with Crippen molar-refractivity contribution in [2.45, 2.75) is 26.3 Å². The van der Waals surface area contributed by atoms with Crippen molar-refractivity contribution in [2.75, 3.05) is 18.2 Å². The Morgan fingerprint density at radius 3 is 2.69 bits per heavy atom. The number of carbonyl (C=O) groups excluding carboxylic acids is 2. The molecule has 0 radical (unpaired) electrons. The second-order valence-electron chi connectivity index (χ2n) is 6.72. The Kier molecular flexibility index (Phi) is 4.03. The summed E-state index contributed by atoms with van der Waals surface area (Å²) >= 11 is 0. The van der Waals surface area contributed by atoms with Gasteiger partial charge in [0.25, 0.3) is 5.91 Å². The smallest absolute Gasteiger partial charge is 0.251 e. The lowest BCUT2D eigenvalue weighted by atomic mass is 10.1. The minimum Gasteiger partial charge on any atom is -0.454 e. The number of benzene rings is 2. The number of carbonyl (C=O) groups is 2. The number of hydrogen-bond acceptors (Lipinski definition) is 4. The lowest BCUT2D eigenvalue weighted by Crippen LogP contribution is -2.37. The Morgan fingerprint density at radius 1 is 1.08 bits per heavy atom. The number of nitrogens with zero attached hydrogens (tertiary/aromatic N) is 1. The summed E-state index contributed by atoms with van der Waals surface area (Å²) in [5.74, 6) is 1.00. The summed E-state index contributed by atoms with van der Waals surface area (Å²) in [6.07, 6.45) is 0.295. The molecule has 1 N–H and O–H groups in total. The average Bonchev–Trinajstić information content (AvgIpc) is 3.23. The van der Waals surface area contributed by atoms with Gasteiger partial charge in [0.05, 0.1) is 6.04 Å². The minimum atomic E-state index is -0.220. The Bertz CT molecular complexity index is 893. The van der Waals surface area contributed by atoms with Gasteiger partial charge in [0.15, 0.2) is 11.5 Å². The van der Waals surface area contributed by atoms with Crippen LogP contribution < -0.4 is 19.7 Å². The summed E-state index contributed by atoms with van der Waals surface area (Å²) in [6.45, 7) is 4.71. The van der Waals surface area contributed by atoms with E-state index in [9.17, 15) is 9.59 Å². The van der Waals surface area contributed by atoms with Crippen LogP contribution in [-0.4, -0.2) is 31.2 Å². The fraction of sp³-hybridized carbons (Fsp3) is 0.300. The van der Waals surface area contributed by atoms with Gasteiger partial charge in [-0.3, -0.25) is 9.59 Å². The molecule has 2 aromatic rings. The Labute approximate surface area is 151 Å². The van der Waals surface area contributed by atoms with Gasteiger partial charge in [-0.2, -0.15) is 0 Å². The largest absolute Gasteiger partial charge is 0.454 e. The van der Waals surface area contributed by atoms with Crippen LogP contribution in [0.4, 0.5) is 5.69 Å². The van der Waals surface area contributed by atoms with E-state index in [4.69, 9.17) is 9.47 Å². The Morgan fingerprint density at radius 2 is 1.88 bits per heavy atom. The molecule has 134 valence electrons. The van der Waals surface area contributed by atoms with Gasteiger partial charge >= 0.3 is 0 Å². The van der Waals surface area contributed by atoms with E-state index < -0.39 is 0 Å². The van der Waals surface area contributed by atoms with E-state index in [-0.39, 0.29) is 24.6 Å². The molecule has 0 spiro atoms. The van der Waals surface area contributed by atoms with Crippen molar-refractivity contribution in [3.05, 3.63) is 53.1 Å². The van der Waals surface area contributed by atoms with Crippen molar-refractivity contribution in [1.82, 2.24) is 5.32 Å². The normalized spacial score (nSPS) is 18.3. The molecule has 1 atom stereocenters. The summed E-state index contributed by atoms with van der Waals surface area (Å²) in [5, 5.41) is 2.94. The molecule has 0 saturated carbocycles. The molecular formula is C20H20N2O4. The number of hydrogen-bond donors (Lipinski definition) is 1. The van der Waals surface area contributed by atoms with Gasteiger partial charge in [-0.1, -0.05) is 6.07 Å². The van der Waals surface area contributed by atoms with E-state index in [1.165, 1.54) is 5.56 Å². The van der Waals surface area contributed by atoms with E-state index >= 15 is 0 Å². The van der Waals surface area contributed by atoms with Crippen LogP contribution in [0.5, 0.6) is 11.5 Å². The number of fused-ring (bicyclic) bond motifs is 1. The first-order valence-corrected chi connectivity index (χ1v) is 8.59. The molecule has 26 heavy (non-hydrogen) atoms. The van der Waals surface area contributed by atoms with Crippen LogP contribution in [0.1, 0.15) is 27.9 Å². The Hall–Kier alpha value is -3.02. The third-order valence-corrected chi connectivity index (χ3v) is 4.90. The van der Waals surface area contributed by atoms with E-state index in [1.807, 2.05) is 32.0 Å². The number of rotatable bonds is 3. The molecule has 0 bridgehead atoms. The summed E-state index contributed by atoms with van der Waals surface area (Å²) in [7, 11) is 0. The van der Waals surface area contributed by atoms with Crippen molar-refractivity contribution >= 4 is 17.5 Å². The standard InChI is InChI=1S/C20H20N2O4/c1-12-3-5-16(7-13(12)2)22-10-15(9-19(22)23)21-20(24)14-4-6-17-18(8-14)26-11-25-17/h3-8,15H,9-11H2,1-2H3,(H,21,24). The maximum absolute atomic E-state index is 12.5. The maximum atomic E-state index is 12.5. The number of amides is 2. The van der Waals surface area contributed by atoms with E-state index in [1.54, 1.807) is 23.1 Å². The highest BCUT2D eigenvalue weighted by Crippen LogP contribution is 2.32. The molecule has 1 unspecified atom stereocenters. The van der Waals surface area contributed by atoms with Crippen molar-refractivity contribution in [3.63, 3.8) is 0 Å². The molecular weight excluding hydrogens is 332 g/mol. The Balaban J connectivity index is 1.45. The highest BCUT2D eigenvalue weighted by Gasteiger charge is 2.32. The molecule has 0 aromatic heterocycles. The molecule has 6 nitrogen and oxygen atoms in total. The van der Waals surface area contributed by atoms with Crippen molar-refractivity contribution in [2.24, 2.45) is 0 Å². The van der Waals surface area contributed by atoms with Gasteiger partial charge in [0, 0.05) is 24.2 Å². The van der Waals surface area contributed by atoms with Crippen LogP contribution in [0.25, 0.3) is 0 Å². The quantitative estimate of drug-likeness (QED) is 0.922. The number of aryl methyl sites for hydroxylation is 2. The predicted molar refractivity (Wildman–Crippen MR) is 96.7 cm³/mol. The lowest BCUT2D eigenvalue weighted by molar-refractivity contribution is -0.117. The molecule has 1 fully saturated rings. The summed E-state index contributed by atoms with van der Waals surface area (Å²) in [4.78, 5) is 26.6. The third-order valence-electron chi connectivity index (χ3n) is 4.90. The second kappa shape index (κ2) is 6.37. The fourth-order valence-corrected chi connectivity index (χ4v) is 3.25. The molecule has 2 aromatic carbocycles. The zero-order valence-corrected chi connectivity index (χ0v) is 14.7. The van der Waals surface area contributed by atoms with Crippen LogP contribution in [0.15, 0.2) is 36.4 Å². The van der Waals surface area contributed by atoms with Gasteiger partial charge in [0.2, 0.25) is 12.7 Å². The summed E-state index contributed by atoms with van der Waals surface area (Å²) in [6, 6.07) is 10.8. The lowest BCUT2D eigenvalue weighted by Gasteiger charge is -2.18. The fourth-order valence-electron chi connectivity index (χ4n) is 3.25. The number of nitrogens with one attached hydrogen (secondary N) is 1. The van der Waals surface area contributed by atoms with Gasteiger partial charge in [-0.05, 0) is 55.3 Å². The van der Waals surface area contributed by atoms with Gasteiger partial charge in [0.1, 0.15) is 0 Å². The van der Waals surface area contributed by atoms with Crippen LogP contribution in [0, 0.1) is 13.8 Å². The SMILES string of the molecule is Cc1ccc(N2CC(NC(=O)c3ccc4c(c3)OCO4)CC2=O)cc1C. The minimum absolute atomic E-state index is 0.0178. The maximum Gasteiger partial charge on any atom is 0.251 e. The van der Waals surface area contributed by atoms with E-state index in [0.717, 1.165) is 11.3 Å². The summed E-state index contributed by atoms with van der Waals surface area (Å²) < 4.78 is 10.6. The molecule has 4 rings (SSSR count). The molecule has 0 aliphatic carbocycles. The number of ether oxygens (including phenoxy) is 2. The first-order chi connectivity index (χ1) is 12.5. The van der Waals surface area contributed by atoms with Gasteiger partial charge in [-0.15, -0.1) is 0 Å². The van der Waals surface area contributed by atoms with Crippen LogP contribution >= 0.6 is 0 Å². The summed E-state index contributed by atoms with van der Waals surface area (Å²) in [5.41, 5.74) is 3.69. The monoisotopic (exact) mass is 352 g/mol. The van der Waals surface area contributed by atoms with E-state index in [0.29, 0.717) is 30.0 Å². The second-order valence-corrected chi connectivity index (χ2v) is 6.72. The van der Waals surface area contributed by atoms with Crippen molar-refractivity contribution in [3.8, 4) is 11.5 Å². The zero-order chi connectivity index (χ0) is 18.3. The van der Waals surface area contributed by atoms with Crippen LogP contribution in [0.3, 0.4) is 0 Å². The van der Waals surface area contributed by atoms with Gasteiger partial charge in [-0.25, -0.2) is 0 Å². The highest BCUT2D eigenvalue weighted by atomic mass is 16.7. The zero-order valence-electron chi connectivity index (χ0n) is 14.7. The topological polar surface area (TPSA) is 67.9 Å². The van der Waals surface area contributed by atoms with E-state index in [2.05, 4.69) is 5.32 Å². The van der Waals surface area contributed by atoms with Crippen LogP contribution in [-0.2, 0) is 4.79 Å². The molecule has 2 heterocycles. The van der Waals surface area contributed by atoms with Crippen LogP contribution in [0.2, 0.25) is 0 Å². The average molecular weight is 352 g/mol. The first-order valence-electron chi connectivity index (χ1n) is 8.59. The number of anilines is 1. The van der Waals surface area contributed by atoms with Gasteiger partial charge < -0.3 is 19.7 Å². The molecule has 2 aliphatic heterocycles. The van der Waals surface area contributed by atoms with Crippen molar-refractivity contribution < 1.29 is 19.1 Å². The van der Waals surface area contributed by atoms with Crippen molar-refractivity contribution in [1.29, 1.82) is 0 Å². The highest BCUT2D eigenvalue weighted by molar-refractivity contribution is 5.99. The third kappa shape index (κ3) is 2.98.